The Morgan fingerprint density at radius 3 is 2.51 bits per heavy atom. The number of aromatic carboxylic acids is 1. The van der Waals surface area contributed by atoms with Crippen molar-refractivity contribution in [2.24, 2.45) is 0 Å². The highest BCUT2D eigenvalue weighted by atomic mass is 16.5. The van der Waals surface area contributed by atoms with E-state index < -0.39 is 5.97 Å². The van der Waals surface area contributed by atoms with Gasteiger partial charge in [0.05, 0.1) is 17.9 Å². The molecular formula is C30H31N3O4. The molecule has 0 bridgehead atoms. The zero-order chi connectivity index (χ0) is 25.8. The van der Waals surface area contributed by atoms with E-state index in [4.69, 9.17) is 9.47 Å². The van der Waals surface area contributed by atoms with E-state index in [0.29, 0.717) is 23.8 Å². The lowest BCUT2D eigenvalue weighted by Gasteiger charge is -2.27. The third-order valence-electron chi connectivity index (χ3n) is 6.51. The van der Waals surface area contributed by atoms with Gasteiger partial charge in [-0.25, -0.2) is 14.8 Å². The maximum absolute atomic E-state index is 11.7. The molecule has 1 saturated carbocycles. The Labute approximate surface area is 216 Å². The monoisotopic (exact) mass is 497 g/mol. The fraction of sp³-hybridized carbons (Fsp3) is 0.300. The standard InChI is InChI=1S/C30H31N3O4/c1-19(2)36-27-15-21-7-4-3-6-20(21)14-23(27)12-13-31-29-17-26(32-18-33-29)22-10-11-25(30(34)35)28(16-22)37-24-8-5-9-24/h3-4,6-7,10-11,14-19,24H,5,8-9,12-13H2,1-2H3,(H,34,35)(H,31,32,33). The number of carbonyl (C=O) groups is 1. The highest BCUT2D eigenvalue weighted by molar-refractivity contribution is 5.92. The number of carboxylic acids is 1. The second-order valence-electron chi connectivity index (χ2n) is 9.63. The minimum Gasteiger partial charge on any atom is -0.491 e. The number of ether oxygens (including phenoxy) is 2. The number of hydrogen-bond donors (Lipinski definition) is 2. The second kappa shape index (κ2) is 10.9. The molecule has 3 aromatic carbocycles. The fourth-order valence-electron chi connectivity index (χ4n) is 4.39. The van der Waals surface area contributed by atoms with Gasteiger partial charge in [-0.05, 0) is 80.1 Å². The number of fused-ring (bicyclic) bond motifs is 1. The zero-order valence-electron chi connectivity index (χ0n) is 21.1. The van der Waals surface area contributed by atoms with Crippen molar-refractivity contribution in [2.45, 2.75) is 51.7 Å². The minimum atomic E-state index is -1.000. The van der Waals surface area contributed by atoms with Gasteiger partial charge in [-0.2, -0.15) is 0 Å². The summed E-state index contributed by atoms with van der Waals surface area (Å²) >= 11 is 0. The number of hydrogen-bond acceptors (Lipinski definition) is 6. The average molecular weight is 498 g/mol. The van der Waals surface area contributed by atoms with E-state index in [1.807, 2.05) is 32.0 Å². The van der Waals surface area contributed by atoms with Crippen LogP contribution in [-0.2, 0) is 6.42 Å². The molecule has 37 heavy (non-hydrogen) atoms. The van der Waals surface area contributed by atoms with E-state index in [0.717, 1.165) is 47.9 Å². The lowest BCUT2D eigenvalue weighted by atomic mass is 9.96. The first-order valence-electron chi connectivity index (χ1n) is 12.7. The first-order chi connectivity index (χ1) is 18.0. The van der Waals surface area contributed by atoms with Crippen molar-refractivity contribution in [3.05, 3.63) is 78.1 Å². The zero-order valence-corrected chi connectivity index (χ0v) is 21.1. The lowest BCUT2D eigenvalue weighted by molar-refractivity contribution is 0.0680. The van der Waals surface area contributed by atoms with E-state index in [1.165, 1.54) is 11.7 Å². The van der Waals surface area contributed by atoms with Crippen LogP contribution in [0.2, 0.25) is 0 Å². The second-order valence-corrected chi connectivity index (χ2v) is 9.63. The number of nitrogens with zero attached hydrogens (tertiary/aromatic N) is 2. The van der Waals surface area contributed by atoms with Crippen LogP contribution in [-0.4, -0.2) is 39.8 Å². The molecule has 1 aliphatic carbocycles. The summed E-state index contributed by atoms with van der Waals surface area (Å²) in [6, 6.07) is 19.6. The summed E-state index contributed by atoms with van der Waals surface area (Å²) in [6.45, 7) is 4.73. The molecule has 7 nitrogen and oxygen atoms in total. The van der Waals surface area contributed by atoms with E-state index >= 15 is 0 Å². The normalized spacial score (nSPS) is 13.4. The molecule has 1 heterocycles. The first-order valence-corrected chi connectivity index (χ1v) is 12.7. The number of benzene rings is 3. The van der Waals surface area contributed by atoms with Gasteiger partial charge in [0, 0.05) is 18.2 Å². The van der Waals surface area contributed by atoms with Gasteiger partial charge in [-0.1, -0.05) is 30.3 Å². The topological polar surface area (TPSA) is 93.6 Å². The van der Waals surface area contributed by atoms with Crippen LogP contribution >= 0.6 is 0 Å². The van der Waals surface area contributed by atoms with Crippen LogP contribution in [0.3, 0.4) is 0 Å². The van der Waals surface area contributed by atoms with Crippen molar-refractivity contribution in [3.63, 3.8) is 0 Å². The summed E-state index contributed by atoms with van der Waals surface area (Å²) < 4.78 is 12.1. The number of rotatable bonds is 10. The SMILES string of the molecule is CC(C)Oc1cc2ccccc2cc1CCNc1cc(-c2ccc(C(=O)O)c(OC3CCC3)c2)ncn1. The average Bonchev–Trinajstić information content (AvgIpc) is 2.86. The summed E-state index contributed by atoms with van der Waals surface area (Å²) in [6.07, 6.45) is 5.45. The molecule has 0 saturated heterocycles. The van der Waals surface area contributed by atoms with E-state index in [1.54, 1.807) is 18.2 Å². The van der Waals surface area contributed by atoms with Crippen LogP contribution in [0.1, 0.15) is 49.0 Å². The number of anilines is 1. The van der Waals surface area contributed by atoms with Crippen molar-refractivity contribution >= 4 is 22.6 Å². The molecule has 190 valence electrons. The number of carboxylic acid groups (broad SMARTS) is 1. The Morgan fingerprint density at radius 1 is 1.03 bits per heavy atom. The Kier molecular flexibility index (Phi) is 7.21. The Balaban J connectivity index is 1.32. The number of nitrogens with one attached hydrogen (secondary N) is 1. The van der Waals surface area contributed by atoms with Gasteiger partial charge in [-0.3, -0.25) is 0 Å². The summed E-state index contributed by atoms with van der Waals surface area (Å²) in [5.41, 5.74) is 2.78. The van der Waals surface area contributed by atoms with Crippen LogP contribution < -0.4 is 14.8 Å². The fourth-order valence-corrected chi connectivity index (χ4v) is 4.39. The molecule has 0 unspecified atom stereocenters. The van der Waals surface area contributed by atoms with Crippen molar-refractivity contribution < 1.29 is 19.4 Å². The molecular weight excluding hydrogens is 466 g/mol. The Bertz CT molecular complexity index is 1420. The highest BCUT2D eigenvalue weighted by Crippen LogP contribution is 2.32. The van der Waals surface area contributed by atoms with Crippen LogP contribution in [0.5, 0.6) is 11.5 Å². The quantitative estimate of drug-likeness (QED) is 0.263. The van der Waals surface area contributed by atoms with Gasteiger partial charge in [-0.15, -0.1) is 0 Å². The van der Waals surface area contributed by atoms with Crippen LogP contribution in [0.25, 0.3) is 22.0 Å². The highest BCUT2D eigenvalue weighted by Gasteiger charge is 2.22. The lowest BCUT2D eigenvalue weighted by Crippen LogP contribution is -2.25. The van der Waals surface area contributed by atoms with Crippen molar-refractivity contribution in [2.75, 3.05) is 11.9 Å². The molecule has 1 aliphatic rings. The maximum atomic E-state index is 11.7. The molecule has 0 atom stereocenters. The minimum absolute atomic E-state index is 0.0793. The Hall–Kier alpha value is -4.13. The largest absolute Gasteiger partial charge is 0.491 e. The van der Waals surface area contributed by atoms with Gasteiger partial charge in [0.2, 0.25) is 0 Å². The molecule has 0 amide bonds. The maximum Gasteiger partial charge on any atom is 0.339 e. The van der Waals surface area contributed by atoms with Gasteiger partial charge < -0.3 is 19.9 Å². The van der Waals surface area contributed by atoms with Crippen molar-refractivity contribution in [1.82, 2.24) is 9.97 Å². The van der Waals surface area contributed by atoms with Crippen molar-refractivity contribution in [1.29, 1.82) is 0 Å². The molecule has 1 aromatic heterocycles. The molecule has 5 rings (SSSR count). The van der Waals surface area contributed by atoms with Gasteiger partial charge in [0.15, 0.2) is 0 Å². The summed E-state index contributed by atoms with van der Waals surface area (Å²) in [4.78, 5) is 20.5. The predicted molar refractivity (Wildman–Crippen MR) is 145 cm³/mol. The summed E-state index contributed by atoms with van der Waals surface area (Å²) in [5, 5.41) is 15.3. The van der Waals surface area contributed by atoms with E-state index in [9.17, 15) is 9.90 Å². The van der Waals surface area contributed by atoms with Gasteiger partial charge in [0.1, 0.15) is 29.2 Å². The van der Waals surface area contributed by atoms with Crippen LogP contribution in [0.15, 0.2) is 67.0 Å². The third-order valence-corrected chi connectivity index (χ3v) is 6.51. The van der Waals surface area contributed by atoms with Gasteiger partial charge >= 0.3 is 5.97 Å². The van der Waals surface area contributed by atoms with Crippen LogP contribution in [0, 0.1) is 0 Å². The van der Waals surface area contributed by atoms with E-state index in [2.05, 4.69) is 39.6 Å². The predicted octanol–water partition coefficient (Wildman–Crippen LogP) is 6.37. The molecule has 1 fully saturated rings. The van der Waals surface area contributed by atoms with Gasteiger partial charge in [0.25, 0.3) is 0 Å². The third kappa shape index (κ3) is 5.82. The summed E-state index contributed by atoms with van der Waals surface area (Å²) in [7, 11) is 0. The number of aromatic nitrogens is 2. The molecule has 0 spiro atoms. The van der Waals surface area contributed by atoms with Crippen LogP contribution in [0.4, 0.5) is 5.82 Å². The van der Waals surface area contributed by atoms with Crippen molar-refractivity contribution in [3.8, 4) is 22.8 Å². The first kappa shape index (κ1) is 24.6. The molecule has 7 heteroatoms. The molecule has 0 radical (unpaired) electrons. The molecule has 0 aliphatic heterocycles. The molecule has 2 N–H and O–H groups in total. The Morgan fingerprint density at radius 2 is 1.81 bits per heavy atom. The smallest absolute Gasteiger partial charge is 0.339 e. The van der Waals surface area contributed by atoms with E-state index in [-0.39, 0.29) is 17.8 Å². The molecule has 4 aromatic rings. The summed E-state index contributed by atoms with van der Waals surface area (Å²) in [5.74, 6) is 0.981.